The van der Waals surface area contributed by atoms with E-state index in [1.807, 2.05) is 12.2 Å². The summed E-state index contributed by atoms with van der Waals surface area (Å²) in [7, 11) is 0. The van der Waals surface area contributed by atoms with Gasteiger partial charge in [-0.05, 0) is 32.1 Å². The number of halogens is 2. The fourth-order valence-electron chi connectivity index (χ4n) is 1.98. The lowest BCUT2D eigenvalue weighted by Crippen LogP contribution is -2.60. The summed E-state index contributed by atoms with van der Waals surface area (Å²) in [6.45, 7) is -0.828. The van der Waals surface area contributed by atoms with Crippen molar-refractivity contribution in [2.24, 2.45) is 5.73 Å². The molecule has 0 rings (SSSR count). The fourth-order valence-corrected chi connectivity index (χ4v) is 1.98. The van der Waals surface area contributed by atoms with Gasteiger partial charge in [0.05, 0.1) is 12.7 Å². The molecule has 0 saturated heterocycles. The van der Waals surface area contributed by atoms with Crippen LogP contribution in [-0.2, 0) is 4.79 Å². The number of allylic oxidation sites excluding steroid dienone is 2. The molecule has 0 saturated carbocycles. The monoisotopic (exact) mass is 323 g/mol. The van der Waals surface area contributed by atoms with Gasteiger partial charge in [0.2, 0.25) is 6.43 Å². The average Bonchev–Trinajstić information content (AvgIpc) is 2.47. The van der Waals surface area contributed by atoms with Crippen LogP contribution >= 0.6 is 0 Å². The number of aliphatic hydroxyl groups is 2. The van der Waals surface area contributed by atoms with Crippen molar-refractivity contribution in [3.05, 3.63) is 12.2 Å². The average molecular weight is 323 g/mol. The van der Waals surface area contributed by atoms with E-state index in [2.05, 4.69) is 0 Å². The van der Waals surface area contributed by atoms with Crippen molar-refractivity contribution < 1.29 is 28.9 Å². The molecule has 0 radical (unpaired) electrons. The summed E-state index contributed by atoms with van der Waals surface area (Å²) in [5.41, 5.74) is 3.41. The van der Waals surface area contributed by atoms with E-state index in [0.717, 1.165) is 25.7 Å². The van der Waals surface area contributed by atoms with Gasteiger partial charge < -0.3 is 21.1 Å². The zero-order valence-corrected chi connectivity index (χ0v) is 12.8. The molecule has 0 spiro atoms. The number of carboxylic acid groups (broad SMARTS) is 1. The topological polar surface area (TPSA) is 104 Å². The molecule has 0 amide bonds. The summed E-state index contributed by atoms with van der Waals surface area (Å²) in [5, 5.41) is 27.6. The van der Waals surface area contributed by atoms with E-state index in [-0.39, 0.29) is 12.8 Å². The first-order valence-corrected chi connectivity index (χ1v) is 7.59. The molecular weight excluding hydrogens is 296 g/mol. The molecule has 0 fully saturated rings. The van der Waals surface area contributed by atoms with E-state index >= 15 is 0 Å². The maximum atomic E-state index is 11.9. The molecule has 22 heavy (non-hydrogen) atoms. The van der Waals surface area contributed by atoms with E-state index in [0.29, 0.717) is 12.8 Å². The van der Waals surface area contributed by atoms with E-state index in [9.17, 15) is 18.7 Å². The first-order chi connectivity index (χ1) is 10.3. The Kier molecular flexibility index (Phi) is 11.0. The van der Waals surface area contributed by atoms with Crippen molar-refractivity contribution in [2.45, 2.75) is 69.4 Å². The lowest BCUT2D eigenvalue weighted by molar-refractivity contribution is -0.150. The molecule has 7 heteroatoms. The van der Waals surface area contributed by atoms with E-state index in [4.69, 9.17) is 15.9 Å². The second kappa shape index (κ2) is 11.5. The summed E-state index contributed by atoms with van der Waals surface area (Å²) < 4.78 is 23.8. The second-order valence-corrected chi connectivity index (χ2v) is 5.45. The van der Waals surface area contributed by atoms with Crippen molar-refractivity contribution in [1.82, 2.24) is 0 Å². The molecule has 130 valence electrons. The Hall–Kier alpha value is -1.05. The van der Waals surface area contributed by atoms with Gasteiger partial charge in [0.15, 0.2) is 5.54 Å². The van der Waals surface area contributed by atoms with Crippen LogP contribution < -0.4 is 5.73 Å². The minimum atomic E-state index is -2.22. The highest BCUT2D eigenvalue weighted by Gasteiger charge is 2.40. The van der Waals surface area contributed by atoms with Crippen LogP contribution in [0.4, 0.5) is 8.78 Å². The molecule has 0 heterocycles. The van der Waals surface area contributed by atoms with Crippen molar-refractivity contribution in [3.63, 3.8) is 0 Å². The summed E-state index contributed by atoms with van der Waals surface area (Å²) in [5.74, 6) is -1.43. The van der Waals surface area contributed by atoms with Crippen LogP contribution in [0.2, 0.25) is 0 Å². The lowest BCUT2D eigenvalue weighted by atomic mass is 9.91. The quantitative estimate of drug-likeness (QED) is 0.307. The van der Waals surface area contributed by atoms with E-state index < -0.39 is 30.6 Å². The van der Waals surface area contributed by atoms with Gasteiger partial charge in [0.1, 0.15) is 0 Å². The molecule has 0 aromatic carbocycles. The Balaban J connectivity index is 3.72. The van der Waals surface area contributed by atoms with Crippen molar-refractivity contribution >= 4 is 5.97 Å². The minimum absolute atomic E-state index is 0.0387. The molecule has 0 aliphatic carbocycles. The number of rotatable bonds is 13. The van der Waals surface area contributed by atoms with Crippen molar-refractivity contribution in [3.8, 4) is 0 Å². The molecular formula is C15H27F2NO4. The summed E-state index contributed by atoms with van der Waals surface area (Å²) in [4.78, 5) is 10.9. The SMILES string of the molecule is NC(CO)(C(=O)O)[C@@H](O)CC/C=C/CCCCCCC(F)F. The molecule has 5 N–H and O–H groups in total. The Morgan fingerprint density at radius 2 is 1.68 bits per heavy atom. The zero-order valence-electron chi connectivity index (χ0n) is 12.8. The molecule has 0 aromatic heterocycles. The first kappa shape index (κ1) is 20.9. The van der Waals surface area contributed by atoms with E-state index in [1.54, 1.807) is 0 Å². The number of aliphatic carboxylic acids is 1. The zero-order chi connectivity index (χ0) is 17.0. The second-order valence-electron chi connectivity index (χ2n) is 5.45. The third-order valence-electron chi connectivity index (χ3n) is 3.57. The van der Waals surface area contributed by atoms with Gasteiger partial charge >= 0.3 is 5.97 Å². The van der Waals surface area contributed by atoms with Crippen LogP contribution in [-0.4, -0.2) is 46.0 Å². The third-order valence-corrected chi connectivity index (χ3v) is 3.57. The fraction of sp³-hybridized carbons (Fsp3) is 0.800. The van der Waals surface area contributed by atoms with Gasteiger partial charge in [0, 0.05) is 6.42 Å². The molecule has 5 nitrogen and oxygen atoms in total. The number of carbonyl (C=O) groups is 1. The number of unbranched alkanes of at least 4 members (excludes halogenated alkanes) is 4. The number of nitrogens with two attached hydrogens (primary N) is 1. The van der Waals surface area contributed by atoms with Crippen molar-refractivity contribution in [1.29, 1.82) is 0 Å². The van der Waals surface area contributed by atoms with Crippen LogP contribution in [0.15, 0.2) is 12.2 Å². The summed E-state index contributed by atoms with van der Waals surface area (Å²) in [6.07, 6.45) is 4.72. The maximum Gasteiger partial charge on any atom is 0.328 e. The number of hydrogen-bond donors (Lipinski definition) is 4. The van der Waals surface area contributed by atoms with Crippen LogP contribution in [0.1, 0.15) is 51.4 Å². The first-order valence-electron chi connectivity index (χ1n) is 7.59. The third kappa shape index (κ3) is 8.41. The van der Waals surface area contributed by atoms with Crippen LogP contribution in [0.25, 0.3) is 0 Å². The van der Waals surface area contributed by atoms with Gasteiger partial charge in [-0.15, -0.1) is 0 Å². The maximum absolute atomic E-state index is 11.9. The summed E-state index contributed by atoms with van der Waals surface area (Å²) in [6, 6.07) is 0. The molecule has 0 aliphatic heterocycles. The Morgan fingerprint density at radius 3 is 2.23 bits per heavy atom. The van der Waals surface area contributed by atoms with Gasteiger partial charge in [-0.3, -0.25) is 4.79 Å². The van der Waals surface area contributed by atoms with Gasteiger partial charge in [-0.1, -0.05) is 25.0 Å². The highest BCUT2D eigenvalue weighted by molar-refractivity contribution is 5.79. The van der Waals surface area contributed by atoms with Gasteiger partial charge in [-0.25, -0.2) is 8.78 Å². The molecule has 2 atom stereocenters. The highest BCUT2D eigenvalue weighted by atomic mass is 19.3. The molecule has 0 aliphatic rings. The Bertz CT molecular complexity index is 340. The van der Waals surface area contributed by atoms with Crippen LogP contribution in [0.5, 0.6) is 0 Å². The predicted molar refractivity (Wildman–Crippen MR) is 79.7 cm³/mol. The highest BCUT2D eigenvalue weighted by Crippen LogP contribution is 2.14. The number of alkyl halides is 2. The largest absolute Gasteiger partial charge is 0.480 e. The Labute approximate surface area is 129 Å². The Morgan fingerprint density at radius 1 is 1.09 bits per heavy atom. The predicted octanol–water partition coefficient (Wildman–Crippen LogP) is 2.06. The molecule has 0 bridgehead atoms. The van der Waals surface area contributed by atoms with Crippen molar-refractivity contribution in [2.75, 3.05) is 6.61 Å². The lowest BCUT2D eigenvalue weighted by Gasteiger charge is -2.27. The number of hydrogen-bond acceptors (Lipinski definition) is 4. The van der Waals surface area contributed by atoms with Gasteiger partial charge in [-0.2, -0.15) is 0 Å². The summed E-state index contributed by atoms with van der Waals surface area (Å²) >= 11 is 0. The van der Waals surface area contributed by atoms with Gasteiger partial charge in [0.25, 0.3) is 0 Å². The number of carboxylic acids is 1. The number of aliphatic hydroxyl groups excluding tert-OH is 2. The smallest absolute Gasteiger partial charge is 0.328 e. The standard InChI is InChI=1S/C15H27F2NO4/c16-13(17)10-8-6-4-2-1-3-5-7-9-12(20)15(18,11-19)14(21)22/h3,5,12-13,19-20H,1-2,4,6-11,18H2,(H,21,22)/b5-3+/t12-,15?/m0/s1. The molecule has 1 unspecified atom stereocenters. The van der Waals surface area contributed by atoms with Crippen LogP contribution in [0, 0.1) is 0 Å². The molecule has 0 aromatic rings. The minimum Gasteiger partial charge on any atom is -0.480 e. The van der Waals surface area contributed by atoms with E-state index in [1.165, 1.54) is 0 Å². The van der Waals surface area contributed by atoms with Crippen LogP contribution in [0.3, 0.4) is 0 Å². The normalized spacial score (nSPS) is 16.1.